The van der Waals surface area contributed by atoms with Gasteiger partial charge in [-0.25, -0.2) is 0 Å². The van der Waals surface area contributed by atoms with E-state index in [0.29, 0.717) is 22.6 Å². The fourth-order valence-electron chi connectivity index (χ4n) is 4.16. The van der Waals surface area contributed by atoms with Crippen molar-refractivity contribution in [1.82, 2.24) is 0 Å². The largest absolute Gasteiger partial charge is 0.294 e. The van der Waals surface area contributed by atoms with Crippen LogP contribution in [0.2, 0.25) is 5.02 Å². The van der Waals surface area contributed by atoms with Crippen LogP contribution in [0.25, 0.3) is 0 Å². The zero-order valence-electron chi connectivity index (χ0n) is 16.8. The lowest BCUT2D eigenvalue weighted by Gasteiger charge is -2.31. The Hall–Kier alpha value is -2.98. The van der Waals surface area contributed by atoms with Crippen LogP contribution in [0.4, 0.5) is 0 Å². The van der Waals surface area contributed by atoms with E-state index in [1.807, 2.05) is 61.5 Å². The van der Waals surface area contributed by atoms with Crippen molar-refractivity contribution in [3.8, 4) is 0 Å². The zero-order chi connectivity index (χ0) is 21.5. The summed E-state index contributed by atoms with van der Waals surface area (Å²) in [7, 11) is 0. The minimum atomic E-state index is -0.600. The standard InChI is InChI=1S/C25H24ClNO3/c1-2-22(18-10-5-3-6-11-18)24(25(28)19-12-7-4-8-13-19)23(17-27(29)30)20-14-9-15-21(26)16-20/h3-16,22-24H,2,17H2,1H3/t22-,23+,24+/m1/s1. The average molecular weight is 422 g/mol. The number of benzene rings is 3. The summed E-state index contributed by atoms with van der Waals surface area (Å²) in [6, 6.07) is 25.9. The van der Waals surface area contributed by atoms with E-state index in [0.717, 1.165) is 5.56 Å². The number of carbonyl (C=O) groups is 1. The van der Waals surface area contributed by atoms with Gasteiger partial charge in [0.05, 0.1) is 5.92 Å². The van der Waals surface area contributed by atoms with Crippen molar-refractivity contribution < 1.29 is 9.72 Å². The third-order valence-electron chi connectivity index (χ3n) is 5.52. The van der Waals surface area contributed by atoms with E-state index in [1.165, 1.54) is 0 Å². The Morgan fingerprint density at radius 1 is 0.900 bits per heavy atom. The van der Waals surface area contributed by atoms with Crippen LogP contribution in [0.5, 0.6) is 0 Å². The molecule has 0 aliphatic heterocycles. The van der Waals surface area contributed by atoms with Crippen molar-refractivity contribution in [3.05, 3.63) is 117 Å². The van der Waals surface area contributed by atoms with Gasteiger partial charge in [-0.15, -0.1) is 0 Å². The Morgan fingerprint density at radius 3 is 2.07 bits per heavy atom. The lowest BCUT2D eigenvalue weighted by Crippen LogP contribution is -2.32. The number of halogens is 1. The molecule has 3 aromatic carbocycles. The highest BCUT2D eigenvalue weighted by atomic mass is 35.5. The van der Waals surface area contributed by atoms with Gasteiger partial charge < -0.3 is 0 Å². The smallest absolute Gasteiger partial charge is 0.211 e. The molecule has 3 atom stereocenters. The highest BCUT2D eigenvalue weighted by Crippen LogP contribution is 2.41. The number of hydrogen-bond donors (Lipinski definition) is 0. The van der Waals surface area contributed by atoms with E-state index < -0.39 is 11.8 Å². The maximum atomic E-state index is 13.7. The van der Waals surface area contributed by atoms with Crippen LogP contribution in [0.15, 0.2) is 84.9 Å². The molecule has 3 aromatic rings. The number of carbonyl (C=O) groups excluding carboxylic acids is 1. The second-order valence-electron chi connectivity index (χ2n) is 7.36. The first-order valence-electron chi connectivity index (χ1n) is 10.0. The van der Waals surface area contributed by atoms with Crippen LogP contribution >= 0.6 is 11.6 Å². The Labute approximate surface area is 181 Å². The number of ketones is 1. The normalized spacial score (nSPS) is 13.9. The molecular weight excluding hydrogens is 398 g/mol. The van der Waals surface area contributed by atoms with Crippen molar-refractivity contribution >= 4 is 17.4 Å². The minimum Gasteiger partial charge on any atom is -0.294 e. The molecule has 0 amide bonds. The van der Waals surface area contributed by atoms with E-state index in [9.17, 15) is 14.9 Å². The Morgan fingerprint density at radius 2 is 1.50 bits per heavy atom. The molecular formula is C25H24ClNO3. The Bertz CT molecular complexity index is 992. The van der Waals surface area contributed by atoms with Crippen LogP contribution in [0, 0.1) is 16.0 Å². The summed E-state index contributed by atoms with van der Waals surface area (Å²) in [5, 5.41) is 12.1. The molecule has 0 heterocycles. The highest BCUT2D eigenvalue weighted by Gasteiger charge is 2.39. The topological polar surface area (TPSA) is 60.2 Å². The molecule has 0 radical (unpaired) electrons. The van der Waals surface area contributed by atoms with E-state index >= 15 is 0 Å². The fraction of sp³-hybridized carbons (Fsp3) is 0.240. The Balaban J connectivity index is 2.16. The summed E-state index contributed by atoms with van der Waals surface area (Å²) >= 11 is 6.20. The van der Waals surface area contributed by atoms with Gasteiger partial charge in [-0.3, -0.25) is 14.9 Å². The SMILES string of the molecule is CC[C@H](c1ccccc1)[C@H](C(=O)c1ccccc1)[C@@H](C[N+](=O)[O-])c1cccc(Cl)c1. The number of Topliss-reactive ketones (excluding diaryl/α,β-unsaturated/α-hetero) is 1. The van der Waals surface area contributed by atoms with E-state index in [1.54, 1.807) is 30.3 Å². The van der Waals surface area contributed by atoms with Crippen LogP contribution < -0.4 is 0 Å². The molecule has 0 unspecified atom stereocenters. The summed E-state index contributed by atoms with van der Waals surface area (Å²) < 4.78 is 0. The number of nitrogens with zero attached hydrogens (tertiary/aromatic N) is 1. The van der Waals surface area contributed by atoms with Gasteiger partial charge in [0.15, 0.2) is 5.78 Å². The molecule has 3 rings (SSSR count). The van der Waals surface area contributed by atoms with Crippen LogP contribution in [0.1, 0.15) is 46.7 Å². The molecule has 0 N–H and O–H groups in total. The van der Waals surface area contributed by atoms with E-state index in [-0.39, 0.29) is 23.2 Å². The molecule has 4 nitrogen and oxygen atoms in total. The van der Waals surface area contributed by atoms with Gasteiger partial charge in [-0.2, -0.15) is 0 Å². The molecule has 30 heavy (non-hydrogen) atoms. The van der Waals surface area contributed by atoms with Crippen LogP contribution in [-0.2, 0) is 0 Å². The molecule has 0 spiro atoms. The van der Waals surface area contributed by atoms with Gasteiger partial charge in [0.1, 0.15) is 0 Å². The third-order valence-corrected chi connectivity index (χ3v) is 5.75. The minimum absolute atomic E-state index is 0.0851. The second kappa shape index (κ2) is 10.2. The monoisotopic (exact) mass is 421 g/mol. The van der Waals surface area contributed by atoms with Gasteiger partial charge in [-0.05, 0) is 35.6 Å². The number of nitro groups is 1. The van der Waals surface area contributed by atoms with Crippen LogP contribution in [0.3, 0.4) is 0 Å². The van der Waals surface area contributed by atoms with Crippen molar-refractivity contribution in [3.63, 3.8) is 0 Å². The molecule has 0 bridgehead atoms. The van der Waals surface area contributed by atoms with Crippen LogP contribution in [-0.4, -0.2) is 17.3 Å². The van der Waals surface area contributed by atoms with Gasteiger partial charge >= 0.3 is 0 Å². The van der Waals surface area contributed by atoms with E-state index in [4.69, 9.17) is 11.6 Å². The summed E-state index contributed by atoms with van der Waals surface area (Å²) in [5.41, 5.74) is 2.28. The zero-order valence-corrected chi connectivity index (χ0v) is 17.5. The first kappa shape index (κ1) is 21.7. The summed E-state index contributed by atoms with van der Waals surface area (Å²) in [6.07, 6.45) is 0.683. The molecule has 0 aliphatic carbocycles. The van der Waals surface area contributed by atoms with Gasteiger partial charge in [0.2, 0.25) is 6.54 Å². The van der Waals surface area contributed by atoms with Gasteiger partial charge in [0, 0.05) is 21.4 Å². The van der Waals surface area contributed by atoms with Crippen molar-refractivity contribution in [2.75, 3.05) is 6.54 Å². The fourth-order valence-corrected chi connectivity index (χ4v) is 4.36. The number of rotatable bonds is 9. The Kier molecular flexibility index (Phi) is 7.36. The summed E-state index contributed by atoms with van der Waals surface area (Å²) in [6.45, 7) is 1.68. The highest BCUT2D eigenvalue weighted by molar-refractivity contribution is 6.30. The molecule has 0 aliphatic rings. The quantitative estimate of drug-likeness (QED) is 0.228. The van der Waals surface area contributed by atoms with Crippen molar-refractivity contribution in [1.29, 1.82) is 0 Å². The molecule has 0 saturated carbocycles. The predicted octanol–water partition coefficient (Wildman–Crippen LogP) is 6.39. The lowest BCUT2D eigenvalue weighted by molar-refractivity contribution is -0.484. The predicted molar refractivity (Wildman–Crippen MR) is 120 cm³/mol. The first-order chi connectivity index (χ1) is 14.5. The first-order valence-corrected chi connectivity index (χ1v) is 10.4. The molecule has 0 aromatic heterocycles. The lowest BCUT2D eigenvalue weighted by atomic mass is 9.70. The third kappa shape index (κ3) is 5.14. The molecule has 0 saturated heterocycles. The maximum Gasteiger partial charge on any atom is 0.211 e. The summed E-state index contributed by atoms with van der Waals surface area (Å²) in [5.74, 6) is -1.44. The van der Waals surface area contributed by atoms with Gasteiger partial charge in [-0.1, -0.05) is 91.3 Å². The molecule has 5 heteroatoms. The van der Waals surface area contributed by atoms with Crippen molar-refractivity contribution in [2.45, 2.75) is 25.2 Å². The molecule has 154 valence electrons. The van der Waals surface area contributed by atoms with Crippen molar-refractivity contribution in [2.24, 2.45) is 5.92 Å². The maximum absolute atomic E-state index is 13.7. The summed E-state index contributed by atoms with van der Waals surface area (Å²) in [4.78, 5) is 25.0. The van der Waals surface area contributed by atoms with E-state index in [2.05, 4.69) is 0 Å². The second-order valence-corrected chi connectivity index (χ2v) is 7.79. The number of hydrogen-bond acceptors (Lipinski definition) is 3. The van der Waals surface area contributed by atoms with Gasteiger partial charge in [0.25, 0.3) is 0 Å². The average Bonchev–Trinajstić information content (AvgIpc) is 2.76. The molecule has 0 fully saturated rings.